The van der Waals surface area contributed by atoms with Crippen molar-refractivity contribution < 1.29 is 17.6 Å². The number of aliphatic imine (C=N–C) groups is 1. The van der Waals surface area contributed by atoms with Crippen molar-refractivity contribution in [1.29, 1.82) is 0 Å². The van der Waals surface area contributed by atoms with Crippen LogP contribution in [0.1, 0.15) is 5.56 Å². The van der Waals surface area contributed by atoms with E-state index < -0.39 is 17.4 Å². The number of nitrogens with two attached hydrogens (primary N) is 1. The maximum atomic E-state index is 12.8. The fraction of sp³-hybridized carbons (Fsp3) is 0.167. The van der Waals surface area contributed by atoms with Crippen LogP contribution in [0.2, 0.25) is 0 Å². The number of halogens is 4. The molecular weight excluding hydrogens is 297 g/mol. The Kier molecular flexibility index (Phi) is 3.71. The first-order valence-electron chi connectivity index (χ1n) is 5.35. The van der Waals surface area contributed by atoms with E-state index >= 15 is 0 Å². The van der Waals surface area contributed by atoms with Gasteiger partial charge in [-0.1, -0.05) is 0 Å². The molecule has 2 rings (SSSR count). The minimum atomic E-state index is -4.64. The largest absolute Gasteiger partial charge is 0.423 e. The van der Waals surface area contributed by atoms with Gasteiger partial charge in [-0.2, -0.15) is 13.2 Å². The third-order valence-corrected chi connectivity index (χ3v) is 2.72. The lowest BCUT2D eigenvalue weighted by Crippen LogP contribution is -2.12. The summed E-state index contributed by atoms with van der Waals surface area (Å²) in [6.07, 6.45) is -4.64. The highest BCUT2D eigenvalue weighted by Crippen LogP contribution is 2.34. The lowest BCUT2D eigenvalue weighted by molar-refractivity contribution is -0.136. The Morgan fingerprint density at radius 3 is 2.65 bits per heavy atom. The molecule has 2 N–H and O–H groups in total. The fourth-order valence-electron chi connectivity index (χ4n) is 1.65. The Morgan fingerprint density at radius 1 is 1.35 bits per heavy atom. The first-order chi connectivity index (χ1) is 9.31. The Morgan fingerprint density at radius 2 is 2.05 bits per heavy atom. The first kappa shape index (κ1) is 14.4. The van der Waals surface area contributed by atoms with E-state index in [0.29, 0.717) is 6.07 Å². The lowest BCUT2D eigenvalue weighted by atomic mass is 10.1. The molecule has 0 aliphatic rings. The molecular formula is C12H8ClF3N2O2. The van der Waals surface area contributed by atoms with Gasteiger partial charge in [-0.05, 0) is 12.1 Å². The molecule has 8 heteroatoms. The molecule has 0 saturated carbocycles. The van der Waals surface area contributed by atoms with Gasteiger partial charge in [-0.15, -0.1) is 11.6 Å². The number of alkyl halides is 4. The van der Waals surface area contributed by atoms with Crippen molar-refractivity contribution in [2.75, 3.05) is 5.88 Å². The summed E-state index contributed by atoms with van der Waals surface area (Å²) in [5.74, 6) is 0.0743. The van der Waals surface area contributed by atoms with Gasteiger partial charge in [0.25, 0.3) is 0 Å². The van der Waals surface area contributed by atoms with Crippen LogP contribution in [0.3, 0.4) is 0 Å². The summed E-state index contributed by atoms with van der Waals surface area (Å²) in [7, 11) is 0. The van der Waals surface area contributed by atoms with Gasteiger partial charge < -0.3 is 10.2 Å². The summed E-state index contributed by atoms with van der Waals surface area (Å²) < 4.78 is 43.2. The van der Waals surface area contributed by atoms with Crippen molar-refractivity contribution in [2.45, 2.75) is 6.18 Å². The van der Waals surface area contributed by atoms with Crippen LogP contribution in [0.25, 0.3) is 11.0 Å². The molecule has 0 aliphatic heterocycles. The molecule has 106 valence electrons. The van der Waals surface area contributed by atoms with Crippen molar-refractivity contribution in [2.24, 2.45) is 10.7 Å². The third kappa shape index (κ3) is 2.93. The molecule has 1 heterocycles. The summed E-state index contributed by atoms with van der Waals surface area (Å²) in [5, 5.41) is -0.222. The zero-order valence-corrected chi connectivity index (χ0v) is 10.6. The van der Waals surface area contributed by atoms with Crippen molar-refractivity contribution in [3.8, 4) is 0 Å². The maximum absolute atomic E-state index is 12.8. The molecule has 0 atom stereocenters. The van der Waals surface area contributed by atoms with Gasteiger partial charge >= 0.3 is 11.8 Å². The summed E-state index contributed by atoms with van der Waals surface area (Å²) in [5.41, 5.74) is 3.32. The van der Waals surface area contributed by atoms with Gasteiger partial charge in [0.1, 0.15) is 11.4 Å². The highest BCUT2D eigenvalue weighted by atomic mass is 35.5. The Labute approximate surface area is 115 Å². The normalized spacial score (nSPS) is 12.9. The van der Waals surface area contributed by atoms with Crippen LogP contribution in [-0.2, 0) is 6.18 Å². The molecule has 0 unspecified atom stereocenters. The third-order valence-electron chi connectivity index (χ3n) is 2.44. The van der Waals surface area contributed by atoms with E-state index in [9.17, 15) is 18.0 Å². The second-order valence-electron chi connectivity index (χ2n) is 3.89. The van der Waals surface area contributed by atoms with Crippen LogP contribution in [0.15, 0.2) is 38.5 Å². The van der Waals surface area contributed by atoms with Crippen LogP contribution >= 0.6 is 11.6 Å². The number of benzene rings is 1. The van der Waals surface area contributed by atoms with Gasteiger partial charge in [0.15, 0.2) is 0 Å². The predicted molar refractivity (Wildman–Crippen MR) is 69.5 cm³/mol. The van der Waals surface area contributed by atoms with Crippen molar-refractivity contribution in [1.82, 2.24) is 0 Å². The number of fused-ring (bicyclic) bond motifs is 1. The lowest BCUT2D eigenvalue weighted by Gasteiger charge is -2.09. The molecule has 4 nitrogen and oxygen atoms in total. The molecule has 20 heavy (non-hydrogen) atoms. The monoisotopic (exact) mass is 304 g/mol. The molecule has 0 saturated heterocycles. The number of rotatable bonds is 2. The van der Waals surface area contributed by atoms with Crippen LogP contribution in [0.5, 0.6) is 0 Å². The van der Waals surface area contributed by atoms with Crippen LogP contribution in [-0.4, -0.2) is 11.7 Å². The Balaban J connectivity index is 2.69. The SMILES string of the molecule is NC(CCl)=Nc1ccc2c(C(F)(F)F)cc(=O)oc2c1. The summed E-state index contributed by atoms with van der Waals surface area (Å²) in [4.78, 5) is 15.1. The number of nitrogens with zero attached hydrogens (tertiary/aromatic N) is 1. The van der Waals surface area contributed by atoms with Crippen LogP contribution in [0.4, 0.5) is 18.9 Å². The van der Waals surface area contributed by atoms with Crippen LogP contribution < -0.4 is 11.4 Å². The molecule has 1 aromatic carbocycles. The van der Waals surface area contributed by atoms with E-state index in [2.05, 4.69) is 4.99 Å². The topological polar surface area (TPSA) is 68.6 Å². The molecule has 0 aliphatic carbocycles. The van der Waals surface area contributed by atoms with Gasteiger partial charge in [0, 0.05) is 17.5 Å². The molecule has 0 bridgehead atoms. The number of hydrogen-bond donors (Lipinski definition) is 1. The smallest absolute Gasteiger partial charge is 0.417 e. The quantitative estimate of drug-likeness (QED) is 0.401. The van der Waals surface area contributed by atoms with Gasteiger partial charge in [0.2, 0.25) is 0 Å². The number of hydrogen-bond acceptors (Lipinski definition) is 3. The Bertz CT molecular complexity index is 738. The molecule has 0 fully saturated rings. The summed E-state index contributed by atoms with van der Waals surface area (Å²) >= 11 is 5.45. The molecule has 1 aromatic heterocycles. The summed E-state index contributed by atoms with van der Waals surface area (Å²) in [6.45, 7) is 0. The second kappa shape index (κ2) is 5.16. The second-order valence-corrected chi connectivity index (χ2v) is 4.16. The van der Waals surface area contributed by atoms with E-state index in [-0.39, 0.29) is 28.4 Å². The van der Waals surface area contributed by atoms with E-state index in [4.69, 9.17) is 21.8 Å². The zero-order valence-electron chi connectivity index (χ0n) is 9.87. The highest BCUT2D eigenvalue weighted by Gasteiger charge is 2.33. The van der Waals surface area contributed by atoms with E-state index in [0.717, 1.165) is 0 Å². The van der Waals surface area contributed by atoms with Crippen molar-refractivity contribution >= 4 is 34.1 Å². The molecule has 2 aromatic rings. The van der Waals surface area contributed by atoms with E-state index in [1.54, 1.807) is 0 Å². The number of amidine groups is 1. The molecule has 0 amide bonds. The minimum Gasteiger partial charge on any atom is -0.423 e. The van der Waals surface area contributed by atoms with Gasteiger partial charge in [-0.25, -0.2) is 9.79 Å². The van der Waals surface area contributed by atoms with Crippen molar-refractivity contribution in [3.05, 3.63) is 40.2 Å². The summed E-state index contributed by atoms with van der Waals surface area (Å²) in [6, 6.07) is 4.11. The average molecular weight is 305 g/mol. The Hall–Kier alpha value is -2.02. The zero-order chi connectivity index (χ0) is 14.9. The van der Waals surface area contributed by atoms with Crippen LogP contribution in [0, 0.1) is 0 Å². The van der Waals surface area contributed by atoms with Crippen molar-refractivity contribution in [3.63, 3.8) is 0 Å². The highest BCUT2D eigenvalue weighted by molar-refractivity contribution is 6.28. The fourth-order valence-corrected chi connectivity index (χ4v) is 1.71. The standard InChI is InChI=1S/C12H8ClF3N2O2/c13-5-10(17)18-6-1-2-7-8(12(14,15)16)4-11(19)20-9(7)3-6/h1-4H,5H2,(H2,17,18). The van der Waals surface area contributed by atoms with Gasteiger partial charge in [0.05, 0.1) is 17.1 Å². The average Bonchev–Trinajstić information content (AvgIpc) is 2.36. The van der Waals surface area contributed by atoms with E-state index in [1.807, 2.05) is 0 Å². The first-order valence-corrected chi connectivity index (χ1v) is 5.89. The van der Waals surface area contributed by atoms with E-state index in [1.165, 1.54) is 18.2 Å². The molecule has 0 spiro atoms. The minimum absolute atomic E-state index is 0.0232. The molecule has 0 radical (unpaired) electrons. The predicted octanol–water partition coefficient (Wildman–Crippen LogP) is 3.04. The maximum Gasteiger partial charge on any atom is 0.417 e. The van der Waals surface area contributed by atoms with Gasteiger partial charge in [-0.3, -0.25) is 0 Å².